The summed E-state index contributed by atoms with van der Waals surface area (Å²) in [5.41, 5.74) is -0.340. The number of H-pyrrole nitrogens is 1. The number of piperidine rings is 1. The number of likely N-dealkylation sites (tertiary alicyclic amines) is 1. The molecule has 0 saturated carbocycles. The SMILES string of the molecule is O=C(c1cc(O)[nH]c(=O)c1)N1CCC(O)CC1. The third-order valence-corrected chi connectivity index (χ3v) is 2.83. The molecule has 92 valence electrons. The standard InChI is InChI=1S/C11H14N2O4/c14-8-1-3-13(4-2-8)11(17)7-5-9(15)12-10(16)6-7/h5-6,8,14H,1-4H2,(H2,12,15,16). The van der Waals surface area contributed by atoms with Gasteiger partial charge in [0.25, 0.3) is 11.5 Å². The third-order valence-electron chi connectivity index (χ3n) is 2.83. The number of aliphatic hydroxyl groups is 1. The van der Waals surface area contributed by atoms with Gasteiger partial charge in [-0.3, -0.25) is 14.6 Å². The summed E-state index contributed by atoms with van der Waals surface area (Å²) in [6.07, 6.45) is 0.730. The molecule has 0 aliphatic carbocycles. The summed E-state index contributed by atoms with van der Waals surface area (Å²) >= 11 is 0. The molecular formula is C11H14N2O4. The van der Waals surface area contributed by atoms with Crippen molar-refractivity contribution in [3.63, 3.8) is 0 Å². The van der Waals surface area contributed by atoms with Crippen LogP contribution in [0.15, 0.2) is 16.9 Å². The summed E-state index contributed by atoms with van der Waals surface area (Å²) in [7, 11) is 0. The van der Waals surface area contributed by atoms with Gasteiger partial charge in [-0.2, -0.15) is 0 Å². The second kappa shape index (κ2) is 4.58. The van der Waals surface area contributed by atoms with Gasteiger partial charge in [-0.25, -0.2) is 0 Å². The normalized spacial score (nSPS) is 17.1. The van der Waals surface area contributed by atoms with Crippen molar-refractivity contribution in [2.75, 3.05) is 13.1 Å². The van der Waals surface area contributed by atoms with Crippen LogP contribution >= 0.6 is 0 Å². The third kappa shape index (κ3) is 2.65. The number of aromatic nitrogens is 1. The van der Waals surface area contributed by atoms with Gasteiger partial charge < -0.3 is 15.1 Å². The van der Waals surface area contributed by atoms with E-state index in [0.29, 0.717) is 25.9 Å². The molecule has 0 atom stereocenters. The summed E-state index contributed by atoms with van der Waals surface area (Å²) in [5, 5.41) is 18.6. The monoisotopic (exact) mass is 238 g/mol. The highest BCUT2D eigenvalue weighted by Gasteiger charge is 2.22. The van der Waals surface area contributed by atoms with E-state index in [9.17, 15) is 19.8 Å². The summed E-state index contributed by atoms with van der Waals surface area (Å²) in [4.78, 5) is 26.9. The molecule has 0 radical (unpaired) electrons. The number of aromatic hydroxyl groups is 1. The Bertz CT molecular complexity index is 475. The zero-order chi connectivity index (χ0) is 12.4. The molecule has 2 rings (SSSR count). The zero-order valence-corrected chi connectivity index (χ0v) is 9.22. The number of nitrogens with zero attached hydrogens (tertiary/aromatic N) is 1. The Morgan fingerprint density at radius 2 is 2.00 bits per heavy atom. The molecule has 2 heterocycles. The number of carbonyl (C=O) groups is 1. The van der Waals surface area contributed by atoms with Gasteiger partial charge in [-0.1, -0.05) is 0 Å². The summed E-state index contributed by atoms with van der Waals surface area (Å²) in [6, 6.07) is 2.39. The van der Waals surface area contributed by atoms with Crippen molar-refractivity contribution in [3.05, 3.63) is 28.0 Å². The number of rotatable bonds is 1. The Morgan fingerprint density at radius 1 is 1.35 bits per heavy atom. The van der Waals surface area contributed by atoms with Gasteiger partial charge in [0.05, 0.1) is 11.7 Å². The average Bonchev–Trinajstić information content (AvgIpc) is 2.28. The lowest BCUT2D eigenvalue weighted by Gasteiger charge is -2.29. The van der Waals surface area contributed by atoms with E-state index in [2.05, 4.69) is 4.98 Å². The molecule has 0 aromatic carbocycles. The number of hydrogen-bond donors (Lipinski definition) is 3. The number of pyridine rings is 1. The molecule has 1 aliphatic rings. The average molecular weight is 238 g/mol. The van der Waals surface area contributed by atoms with E-state index in [1.54, 1.807) is 4.90 Å². The minimum absolute atomic E-state index is 0.169. The molecule has 0 spiro atoms. The highest BCUT2D eigenvalue weighted by molar-refractivity contribution is 5.94. The van der Waals surface area contributed by atoms with Crippen LogP contribution in [0.1, 0.15) is 23.2 Å². The van der Waals surface area contributed by atoms with Crippen LogP contribution in [0.25, 0.3) is 0 Å². The lowest BCUT2D eigenvalue weighted by Crippen LogP contribution is -2.40. The lowest BCUT2D eigenvalue weighted by atomic mass is 10.1. The molecule has 1 aromatic rings. The van der Waals surface area contributed by atoms with Crippen LogP contribution < -0.4 is 5.56 Å². The molecule has 6 nitrogen and oxygen atoms in total. The minimum Gasteiger partial charge on any atom is -0.494 e. The van der Waals surface area contributed by atoms with E-state index in [1.165, 1.54) is 6.07 Å². The van der Waals surface area contributed by atoms with E-state index in [1.807, 2.05) is 0 Å². The van der Waals surface area contributed by atoms with Gasteiger partial charge in [0.1, 0.15) is 0 Å². The number of aliphatic hydroxyl groups excluding tert-OH is 1. The van der Waals surface area contributed by atoms with Gasteiger partial charge in [-0.05, 0) is 12.8 Å². The van der Waals surface area contributed by atoms with Crippen LogP contribution in [0.3, 0.4) is 0 Å². The first-order valence-corrected chi connectivity index (χ1v) is 5.47. The first-order valence-electron chi connectivity index (χ1n) is 5.47. The van der Waals surface area contributed by atoms with E-state index < -0.39 is 5.56 Å². The quantitative estimate of drug-likeness (QED) is 0.625. The van der Waals surface area contributed by atoms with Gasteiger partial charge in [0, 0.05) is 25.2 Å². The van der Waals surface area contributed by atoms with Gasteiger partial charge >= 0.3 is 0 Å². The molecule has 3 N–H and O–H groups in total. The molecule has 0 unspecified atom stereocenters. The van der Waals surface area contributed by atoms with Crippen LogP contribution in [0.2, 0.25) is 0 Å². The predicted molar refractivity (Wildman–Crippen MR) is 59.9 cm³/mol. The number of hydrogen-bond acceptors (Lipinski definition) is 4. The van der Waals surface area contributed by atoms with Crippen molar-refractivity contribution in [2.24, 2.45) is 0 Å². The maximum atomic E-state index is 12.0. The maximum absolute atomic E-state index is 12.0. The molecule has 1 aromatic heterocycles. The second-order valence-corrected chi connectivity index (χ2v) is 4.14. The van der Waals surface area contributed by atoms with Crippen LogP contribution in [0.5, 0.6) is 5.88 Å². The van der Waals surface area contributed by atoms with Crippen molar-refractivity contribution in [1.82, 2.24) is 9.88 Å². The Balaban J connectivity index is 2.16. The summed E-state index contributed by atoms with van der Waals surface area (Å²) in [5.74, 6) is -0.615. The Labute approximate surface area is 97.5 Å². The number of carbonyl (C=O) groups excluding carboxylic acids is 1. The molecular weight excluding hydrogens is 224 g/mol. The summed E-state index contributed by atoms with van der Waals surface area (Å²) < 4.78 is 0. The minimum atomic E-state index is -0.509. The maximum Gasteiger partial charge on any atom is 0.254 e. The van der Waals surface area contributed by atoms with Crippen molar-refractivity contribution in [3.8, 4) is 5.88 Å². The van der Waals surface area contributed by atoms with Crippen molar-refractivity contribution in [1.29, 1.82) is 0 Å². The van der Waals surface area contributed by atoms with Crippen molar-refractivity contribution in [2.45, 2.75) is 18.9 Å². The van der Waals surface area contributed by atoms with Gasteiger partial charge in [0.2, 0.25) is 0 Å². The van der Waals surface area contributed by atoms with E-state index in [0.717, 1.165) is 6.07 Å². The van der Waals surface area contributed by atoms with Gasteiger partial charge in [0.15, 0.2) is 5.88 Å². The van der Waals surface area contributed by atoms with E-state index in [4.69, 9.17) is 0 Å². The van der Waals surface area contributed by atoms with E-state index >= 15 is 0 Å². The first kappa shape index (κ1) is 11.7. The van der Waals surface area contributed by atoms with Crippen LogP contribution in [-0.2, 0) is 0 Å². The number of amides is 1. The van der Waals surface area contributed by atoms with Crippen molar-refractivity contribution >= 4 is 5.91 Å². The summed E-state index contributed by atoms with van der Waals surface area (Å²) in [6.45, 7) is 0.932. The fraction of sp³-hybridized carbons (Fsp3) is 0.455. The van der Waals surface area contributed by atoms with Crippen molar-refractivity contribution < 1.29 is 15.0 Å². The number of aromatic amines is 1. The second-order valence-electron chi connectivity index (χ2n) is 4.14. The molecule has 17 heavy (non-hydrogen) atoms. The van der Waals surface area contributed by atoms with Crippen LogP contribution in [-0.4, -0.2) is 45.2 Å². The first-order chi connectivity index (χ1) is 8.06. The molecule has 1 aliphatic heterocycles. The lowest BCUT2D eigenvalue weighted by molar-refractivity contribution is 0.0546. The zero-order valence-electron chi connectivity index (χ0n) is 9.22. The number of nitrogens with one attached hydrogen (secondary N) is 1. The molecule has 0 bridgehead atoms. The Kier molecular flexibility index (Phi) is 3.14. The van der Waals surface area contributed by atoms with Crippen LogP contribution in [0.4, 0.5) is 0 Å². The Hall–Kier alpha value is -1.82. The smallest absolute Gasteiger partial charge is 0.254 e. The highest BCUT2D eigenvalue weighted by Crippen LogP contribution is 2.14. The fourth-order valence-electron chi connectivity index (χ4n) is 1.90. The predicted octanol–water partition coefficient (Wildman–Crippen LogP) is -0.323. The largest absolute Gasteiger partial charge is 0.494 e. The topological polar surface area (TPSA) is 93.6 Å². The van der Waals surface area contributed by atoms with Crippen LogP contribution in [0, 0.1) is 0 Å². The molecule has 1 saturated heterocycles. The Morgan fingerprint density at radius 3 is 2.59 bits per heavy atom. The molecule has 1 fully saturated rings. The molecule has 1 amide bonds. The highest BCUT2D eigenvalue weighted by atomic mass is 16.3. The molecule has 6 heteroatoms. The van der Waals surface area contributed by atoms with Gasteiger partial charge in [-0.15, -0.1) is 0 Å². The van der Waals surface area contributed by atoms with E-state index in [-0.39, 0.29) is 23.5 Å². The fourth-order valence-corrected chi connectivity index (χ4v) is 1.90.